The Bertz CT molecular complexity index is 1490. The van der Waals surface area contributed by atoms with Gasteiger partial charge < -0.3 is 18.3 Å². The van der Waals surface area contributed by atoms with Gasteiger partial charge in [-0.25, -0.2) is 0 Å². The van der Waals surface area contributed by atoms with Gasteiger partial charge in [-0.2, -0.15) is 4.99 Å². The van der Waals surface area contributed by atoms with E-state index < -0.39 is 0 Å². The van der Waals surface area contributed by atoms with Crippen molar-refractivity contribution in [3.8, 4) is 5.75 Å². The van der Waals surface area contributed by atoms with Gasteiger partial charge in [0, 0.05) is 29.4 Å². The van der Waals surface area contributed by atoms with Gasteiger partial charge in [-0.05, 0) is 53.8 Å². The molecule has 176 valence electrons. The van der Waals surface area contributed by atoms with Crippen molar-refractivity contribution >= 4 is 28.2 Å². The number of hydrogen-bond acceptors (Lipinski definition) is 6. The van der Waals surface area contributed by atoms with Gasteiger partial charge in [0.05, 0.1) is 24.5 Å². The number of carbonyl (C=O) groups is 1. The van der Waals surface area contributed by atoms with E-state index in [-0.39, 0.29) is 23.5 Å². The maximum atomic E-state index is 13.4. The molecule has 1 aliphatic heterocycles. The number of hydrogen-bond donors (Lipinski definition) is 0. The van der Waals surface area contributed by atoms with E-state index in [2.05, 4.69) is 13.5 Å². The van der Waals surface area contributed by atoms with E-state index in [4.69, 9.17) is 23.3 Å². The number of fused-ring (bicyclic) bond motifs is 3. The first-order valence-corrected chi connectivity index (χ1v) is 11.9. The first-order valence-electron chi connectivity index (χ1n) is 11.9. The minimum atomic E-state index is -0.0825. The number of carbonyl (C=O) groups excluding carboxylic acids is 1. The first-order chi connectivity index (χ1) is 17.0. The second kappa shape index (κ2) is 8.31. The van der Waals surface area contributed by atoms with Crippen molar-refractivity contribution < 1.29 is 23.1 Å². The molecule has 0 N–H and O–H groups in total. The number of aliphatic imine (C=N–C) groups is 1. The number of benzene rings is 1. The van der Waals surface area contributed by atoms with Crippen LogP contribution in [-0.2, 0) is 16.0 Å². The Morgan fingerprint density at radius 3 is 2.86 bits per heavy atom. The summed E-state index contributed by atoms with van der Waals surface area (Å²) in [6, 6.07) is 9.44. The topological polar surface area (TPSA) is 74.2 Å². The van der Waals surface area contributed by atoms with Crippen molar-refractivity contribution in [3.05, 3.63) is 95.7 Å². The Morgan fingerprint density at radius 1 is 1.14 bits per heavy atom. The zero-order chi connectivity index (χ0) is 24.1. The molecule has 35 heavy (non-hydrogen) atoms. The van der Waals surface area contributed by atoms with Gasteiger partial charge in [-0.15, -0.1) is 0 Å². The molecule has 3 heterocycles. The molecule has 2 atom stereocenters. The summed E-state index contributed by atoms with van der Waals surface area (Å²) in [5.41, 5.74) is 4.01. The Hall–Kier alpha value is -4.06. The summed E-state index contributed by atoms with van der Waals surface area (Å²) in [6.07, 6.45) is 8.89. The third-order valence-electron chi connectivity index (χ3n) is 6.99. The maximum absolute atomic E-state index is 13.4. The molecule has 2 unspecified atom stereocenters. The zero-order valence-electron chi connectivity index (χ0n) is 19.7. The molecule has 0 radical (unpaired) electrons. The normalized spacial score (nSPS) is 21.8. The Morgan fingerprint density at radius 2 is 2.00 bits per heavy atom. The minimum Gasteiger partial charge on any atom is -0.468 e. The van der Waals surface area contributed by atoms with Crippen LogP contribution in [-0.4, -0.2) is 11.7 Å². The van der Waals surface area contributed by atoms with Crippen molar-refractivity contribution in [2.75, 3.05) is 0 Å². The summed E-state index contributed by atoms with van der Waals surface area (Å²) in [7, 11) is 0. The van der Waals surface area contributed by atoms with E-state index >= 15 is 0 Å². The van der Waals surface area contributed by atoms with Crippen LogP contribution in [0.4, 0.5) is 0 Å². The lowest BCUT2D eigenvalue weighted by atomic mass is 9.92. The van der Waals surface area contributed by atoms with Crippen molar-refractivity contribution in [1.29, 1.82) is 0 Å². The molecule has 0 bridgehead atoms. The molecule has 0 spiro atoms. The second-order valence-corrected chi connectivity index (χ2v) is 9.11. The van der Waals surface area contributed by atoms with Crippen LogP contribution in [0.3, 0.4) is 0 Å². The van der Waals surface area contributed by atoms with Crippen LogP contribution in [0.5, 0.6) is 5.75 Å². The highest BCUT2D eigenvalue weighted by molar-refractivity contribution is 6.06. The number of ether oxygens (including phenoxy) is 2. The smallest absolute Gasteiger partial charge is 0.233 e. The van der Waals surface area contributed by atoms with E-state index in [0.29, 0.717) is 35.8 Å². The quantitative estimate of drug-likeness (QED) is 0.424. The lowest BCUT2D eigenvalue weighted by Crippen LogP contribution is -2.14. The highest BCUT2D eigenvalue weighted by Gasteiger charge is 2.42. The molecule has 0 saturated heterocycles. The predicted molar refractivity (Wildman–Crippen MR) is 133 cm³/mol. The maximum Gasteiger partial charge on any atom is 0.233 e. The van der Waals surface area contributed by atoms with Crippen LogP contribution < -0.4 is 4.74 Å². The number of allylic oxidation sites excluding steroid dienone is 5. The number of rotatable bonds is 4. The molecular formula is C29H25NO5. The zero-order valence-corrected chi connectivity index (χ0v) is 19.7. The van der Waals surface area contributed by atoms with Crippen molar-refractivity contribution in [1.82, 2.24) is 0 Å². The predicted octanol–water partition coefficient (Wildman–Crippen LogP) is 6.76. The molecule has 6 heteroatoms. The van der Waals surface area contributed by atoms with Gasteiger partial charge in [-0.1, -0.05) is 26.5 Å². The fourth-order valence-electron chi connectivity index (χ4n) is 5.17. The highest BCUT2D eigenvalue weighted by atomic mass is 16.5. The van der Waals surface area contributed by atoms with E-state index in [1.54, 1.807) is 12.5 Å². The second-order valence-electron chi connectivity index (χ2n) is 9.11. The molecule has 0 amide bonds. The summed E-state index contributed by atoms with van der Waals surface area (Å²) in [4.78, 5) is 18.2. The largest absolute Gasteiger partial charge is 0.468 e. The highest BCUT2D eigenvalue weighted by Crippen LogP contribution is 2.43. The van der Waals surface area contributed by atoms with Gasteiger partial charge in [0.25, 0.3) is 0 Å². The minimum absolute atomic E-state index is 0.0668. The van der Waals surface area contributed by atoms with Gasteiger partial charge in [0.15, 0.2) is 5.78 Å². The Labute approximate surface area is 202 Å². The van der Waals surface area contributed by atoms with Gasteiger partial charge in [0.1, 0.15) is 22.9 Å². The Balaban J connectivity index is 1.39. The average Bonchev–Trinajstić information content (AvgIpc) is 3.52. The lowest BCUT2D eigenvalue weighted by molar-refractivity contribution is -0.118. The molecule has 3 aromatic rings. The van der Waals surface area contributed by atoms with Crippen LogP contribution in [0, 0.1) is 11.8 Å². The number of ketones is 1. The van der Waals surface area contributed by atoms with Gasteiger partial charge in [0.2, 0.25) is 11.8 Å². The van der Waals surface area contributed by atoms with E-state index in [0.717, 1.165) is 39.9 Å². The number of Topliss-reactive ketones (excluding diaryl/α,β-unsaturated/α-hetero) is 1. The van der Waals surface area contributed by atoms with Gasteiger partial charge in [-0.3, -0.25) is 4.79 Å². The fraction of sp³-hybridized carbons (Fsp3) is 0.241. The molecule has 6 rings (SSSR count). The van der Waals surface area contributed by atoms with E-state index in [1.165, 1.54) is 0 Å². The van der Waals surface area contributed by atoms with Crippen LogP contribution in [0.1, 0.15) is 38.0 Å². The third kappa shape index (κ3) is 3.66. The van der Waals surface area contributed by atoms with E-state index in [1.807, 2.05) is 49.4 Å². The molecule has 6 nitrogen and oxygen atoms in total. The monoisotopic (exact) mass is 467 g/mol. The van der Waals surface area contributed by atoms with Crippen LogP contribution in [0.15, 0.2) is 98.2 Å². The summed E-state index contributed by atoms with van der Waals surface area (Å²) in [5, 5.41) is 0.995. The van der Waals surface area contributed by atoms with Crippen LogP contribution in [0.2, 0.25) is 0 Å². The molecular weight excluding hydrogens is 442 g/mol. The van der Waals surface area contributed by atoms with Crippen molar-refractivity contribution in [2.24, 2.45) is 16.8 Å². The number of furan rings is 2. The van der Waals surface area contributed by atoms with Crippen molar-refractivity contribution in [3.63, 3.8) is 0 Å². The molecule has 3 aliphatic rings. The molecule has 2 aromatic heterocycles. The van der Waals surface area contributed by atoms with Gasteiger partial charge >= 0.3 is 0 Å². The Kier molecular flexibility index (Phi) is 5.10. The standard InChI is InChI=1S/C29H25NO5/c1-4-21-17(3)23-7-8-26(34-19-6-5-18-9-11-32-24(18)14-19)30-29(27(23)28(21)31)35-20-13-16(2)22-10-12-33-25(22)15-20/h5-7,9-14,17,21H,2,4,8,15H2,1,3H3. The SMILES string of the molecule is C=C1C=C(OC2=C3C(=O)C(CC)C(C)C3=CCC(Oc3ccc4ccoc4c3)=N2)Cc2occc21. The first kappa shape index (κ1) is 21.5. The lowest BCUT2D eigenvalue weighted by Gasteiger charge is -2.17. The summed E-state index contributed by atoms with van der Waals surface area (Å²) in [5.74, 6) is 2.80. The van der Waals surface area contributed by atoms with Crippen LogP contribution in [0.25, 0.3) is 16.5 Å². The van der Waals surface area contributed by atoms with Crippen molar-refractivity contribution in [2.45, 2.75) is 33.1 Å². The molecule has 1 saturated carbocycles. The summed E-state index contributed by atoms with van der Waals surface area (Å²) < 4.78 is 23.6. The third-order valence-corrected chi connectivity index (χ3v) is 6.99. The summed E-state index contributed by atoms with van der Waals surface area (Å²) in [6.45, 7) is 8.26. The molecule has 1 aromatic carbocycles. The average molecular weight is 468 g/mol. The number of nitrogens with zero attached hydrogens (tertiary/aromatic N) is 1. The van der Waals surface area contributed by atoms with Crippen LogP contribution >= 0.6 is 0 Å². The molecule has 1 fully saturated rings. The summed E-state index contributed by atoms with van der Waals surface area (Å²) >= 11 is 0. The molecule has 2 aliphatic carbocycles. The fourth-order valence-corrected chi connectivity index (χ4v) is 5.17. The van der Waals surface area contributed by atoms with E-state index in [9.17, 15) is 4.79 Å².